The summed E-state index contributed by atoms with van der Waals surface area (Å²) < 4.78 is 5.32. The molecule has 28 heavy (non-hydrogen) atoms. The lowest BCUT2D eigenvalue weighted by molar-refractivity contribution is -0.154. The molecule has 1 saturated heterocycles. The second-order valence-corrected chi connectivity index (χ2v) is 7.14. The number of hydrogen-bond donors (Lipinski definition) is 1. The Balaban J connectivity index is 1.48. The van der Waals surface area contributed by atoms with Crippen LogP contribution in [0.3, 0.4) is 0 Å². The van der Waals surface area contributed by atoms with E-state index < -0.39 is 6.04 Å². The van der Waals surface area contributed by atoms with Gasteiger partial charge in [0.15, 0.2) is 5.13 Å². The molecular weight excluding hydrogens is 376 g/mol. The third-order valence-corrected chi connectivity index (χ3v) is 5.12. The first-order chi connectivity index (χ1) is 13.7. The smallest absolute Gasteiger partial charge is 0.251 e. The van der Waals surface area contributed by atoms with Gasteiger partial charge in [0.05, 0.1) is 12.3 Å². The SMILES string of the molecule is O=C(Nc1nc(-c2ccccn2)cs1)[C@@H]1COCC(=O)N1Cc1ccccc1. The van der Waals surface area contributed by atoms with Crippen LogP contribution in [0.4, 0.5) is 5.13 Å². The van der Waals surface area contributed by atoms with Gasteiger partial charge in [0, 0.05) is 18.1 Å². The van der Waals surface area contributed by atoms with E-state index in [1.165, 1.54) is 11.3 Å². The van der Waals surface area contributed by atoms with Crippen molar-refractivity contribution < 1.29 is 14.3 Å². The summed E-state index contributed by atoms with van der Waals surface area (Å²) in [5, 5.41) is 5.10. The van der Waals surface area contributed by atoms with Gasteiger partial charge in [-0.2, -0.15) is 0 Å². The zero-order chi connectivity index (χ0) is 19.3. The molecule has 0 saturated carbocycles. The zero-order valence-electron chi connectivity index (χ0n) is 14.9. The normalized spacial score (nSPS) is 16.8. The third-order valence-electron chi connectivity index (χ3n) is 4.36. The number of amides is 2. The summed E-state index contributed by atoms with van der Waals surface area (Å²) in [6, 6.07) is 14.4. The van der Waals surface area contributed by atoms with E-state index in [1.807, 2.05) is 53.9 Å². The number of nitrogens with one attached hydrogen (secondary N) is 1. The summed E-state index contributed by atoms with van der Waals surface area (Å²) in [5.41, 5.74) is 2.39. The van der Waals surface area contributed by atoms with Crippen LogP contribution in [-0.4, -0.2) is 45.9 Å². The van der Waals surface area contributed by atoms with Crippen LogP contribution in [-0.2, 0) is 20.9 Å². The van der Waals surface area contributed by atoms with Crippen molar-refractivity contribution >= 4 is 28.3 Å². The summed E-state index contributed by atoms with van der Waals surface area (Å²) in [6.45, 7) is 0.499. The highest BCUT2D eigenvalue weighted by Crippen LogP contribution is 2.24. The first-order valence-corrected chi connectivity index (χ1v) is 9.67. The second kappa shape index (κ2) is 8.28. The number of benzene rings is 1. The standard InChI is InChI=1S/C20H18N4O3S/c25-18-12-27-11-17(24(18)10-14-6-2-1-3-7-14)19(26)23-20-22-16(13-28-20)15-8-4-5-9-21-15/h1-9,13,17H,10-12H2,(H,22,23,26)/t17-/m0/s1. The Kier molecular flexibility index (Phi) is 5.41. The number of anilines is 1. The lowest BCUT2D eigenvalue weighted by Crippen LogP contribution is -2.54. The van der Waals surface area contributed by atoms with E-state index >= 15 is 0 Å². The van der Waals surface area contributed by atoms with E-state index in [2.05, 4.69) is 15.3 Å². The minimum atomic E-state index is -0.705. The Morgan fingerprint density at radius 2 is 2.00 bits per heavy atom. The summed E-state index contributed by atoms with van der Waals surface area (Å²) in [6.07, 6.45) is 1.69. The number of pyridine rings is 1. The number of rotatable bonds is 5. The topological polar surface area (TPSA) is 84.4 Å². The quantitative estimate of drug-likeness (QED) is 0.719. The maximum atomic E-state index is 12.8. The third kappa shape index (κ3) is 4.08. The van der Waals surface area contributed by atoms with Crippen LogP contribution >= 0.6 is 11.3 Å². The van der Waals surface area contributed by atoms with Gasteiger partial charge in [0.1, 0.15) is 18.3 Å². The molecule has 1 aliphatic rings. The first-order valence-electron chi connectivity index (χ1n) is 8.79. The van der Waals surface area contributed by atoms with Gasteiger partial charge in [-0.15, -0.1) is 11.3 Å². The van der Waals surface area contributed by atoms with Crippen molar-refractivity contribution in [1.29, 1.82) is 0 Å². The van der Waals surface area contributed by atoms with Crippen molar-refractivity contribution in [2.24, 2.45) is 0 Å². The Labute approximate surface area is 166 Å². The fraction of sp³-hybridized carbons (Fsp3) is 0.200. The van der Waals surface area contributed by atoms with Crippen LogP contribution in [0.5, 0.6) is 0 Å². The monoisotopic (exact) mass is 394 g/mol. The molecule has 3 aromatic rings. The largest absolute Gasteiger partial charge is 0.369 e. The minimum Gasteiger partial charge on any atom is -0.369 e. The Bertz CT molecular complexity index is 962. The Hall–Kier alpha value is -3.10. The molecular formula is C20H18N4O3S. The van der Waals surface area contributed by atoms with Gasteiger partial charge < -0.3 is 15.0 Å². The molecule has 1 atom stereocenters. The number of morpholine rings is 1. The van der Waals surface area contributed by atoms with Gasteiger partial charge in [0.25, 0.3) is 5.91 Å². The highest BCUT2D eigenvalue weighted by atomic mass is 32.1. The number of ether oxygens (including phenoxy) is 1. The predicted molar refractivity (Wildman–Crippen MR) is 106 cm³/mol. The molecule has 7 nitrogen and oxygen atoms in total. The van der Waals surface area contributed by atoms with Gasteiger partial charge >= 0.3 is 0 Å². The van der Waals surface area contributed by atoms with Gasteiger partial charge in [-0.25, -0.2) is 4.98 Å². The molecule has 1 N–H and O–H groups in total. The molecule has 3 heterocycles. The van der Waals surface area contributed by atoms with E-state index in [4.69, 9.17) is 4.74 Å². The summed E-state index contributed by atoms with van der Waals surface area (Å²) in [7, 11) is 0. The lowest BCUT2D eigenvalue weighted by Gasteiger charge is -2.34. The van der Waals surface area contributed by atoms with Gasteiger partial charge in [-0.3, -0.25) is 14.6 Å². The Morgan fingerprint density at radius 1 is 1.18 bits per heavy atom. The molecule has 1 fully saturated rings. The van der Waals surface area contributed by atoms with E-state index in [1.54, 1.807) is 11.1 Å². The molecule has 1 aromatic carbocycles. The van der Waals surface area contributed by atoms with Crippen LogP contribution in [0.15, 0.2) is 60.1 Å². The van der Waals surface area contributed by atoms with Crippen LogP contribution in [0.25, 0.3) is 11.4 Å². The number of carbonyl (C=O) groups excluding carboxylic acids is 2. The molecule has 1 aliphatic heterocycles. The molecule has 0 spiro atoms. The molecule has 0 bridgehead atoms. The highest BCUT2D eigenvalue weighted by Gasteiger charge is 2.34. The molecule has 0 unspecified atom stereocenters. The summed E-state index contributed by atoms with van der Waals surface area (Å²) in [4.78, 5) is 35.4. The fourth-order valence-corrected chi connectivity index (χ4v) is 3.66. The lowest BCUT2D eigenvalue weighted by atomic mass is 10.1. The van der Waals surface area contributed by atoms with E-state index in [-0.39, 0.29) is 25.0 Å². The van der Waals surface area contributed by atoms with E-state index in [0.29, 0.717) is 17.4 Å². The fourth-order valence-electron chi connectivity index (χ4n) is 2.95. The molecule has 2 aromatic heterocycles. The molecule has 8 heteroatoms. The van der Waals surface area contributed by atoms with Crippen molar-refractivity contribution in [3.63, 3.8) is 0 Å². The van der Waals surface area contributed by atoms with Crippen molar-refractivity contribution in [1.82, 2.24) is 14.9 Å². The highest BCUT2D eigenvalue weighted by molar-refractivity contribution is 7.14. The molecule has 0 aliphatic carbocycles. The van der Waals surface area contributed by atoms with Crippen molar-refractivity contribution in [2.75, 3.05) is 18.5 Å². The number of aromatic nitrogens is 2. The van der Waals surface area contributed by atoms with E-state index in [9.17, 15) is 9.59 Å². The van der Waals surface area contributed by atoms with Crippen LogP contribution in [0.2, 0.25) is 0 Å². The number of hydrogen-bond acceptors (Lipinski definition) is 6. The van der Waals surface area contributed by atoms with Crippen LogP contribution < -0.4 is 5.32 Å². The van der Waals surface area contributed by atoms with Crippen LogP contribution in [0.1, 0.15) is 5.56 Å². The van der Waals surface area contributed by atoms with Crippen molar-refractivity contribution in [3.05, 3.63) is 65.7 Å². The van der Waals surface area contributed by atoms with E-state index in [0.717, 1.165) is 11.3 Å². The molecule has 2 amide bonds. The average Bonchev–Trinajstić information content (AvgIpc) is 3.19. The van der Waals surface area contributed by atoms with Crippen LogP contribution in [0, 0.1) is 0 Å². The molecule has 4 rings (SSSR count). The molecule has 142 valence electrons. The van der Waals surface area contributed by atoms with Gasteiger partial charge in [-0.1, -0.05) is 36.4 Å². The maximum absolute atomic E-state index is 12.8. The van der Waals surface area contributed by atoms with Crippen molar-refractivity contribution in [3.8, 4) is 11.4 Å². The first kappa shape index (κ1) is 18.3. The second-order valence-electron chi connectivity index (χ2n) is 6.28. The molecule has 0 radical (unpaired) electrons. The van der Waals surface area contributed by atoms with Gasteiger partial charge in [0.2, 0.25) is 5.91 Å². The van der Waals surface area contributed by atoms with Crippen molar-refractivity contribution in [2.45, 2.75) is 12.6 Å². The summed E-state index contributed by atoms with van der Waals surface area (Å²) >= 11 is 1.32. The predicted octanol–water partition coefficient (Wildman–Crippen LogP) is 2.57. The summed E-state index contributed by atoms with van der Waals surface area (Å²) in [5.74, 6) is -0.519. The maximum Gasteiger partial charge on any atom is 0.251 e. The number of carbonyl (C=O) groups is 2. The minimum absolute atomic E-state index is 0.0162. The number of thiazole rings is 1. The zero-order valence-corrected chi connectivity index (χ0v) is 15.8. The number of nitrogens with zero attached hydrogens (tertiary/aromatic N) is 3. The average molecular weight is 394 g/mol. The Morgan fingerprint density at radius 3 is 2.79 bits per heavy atom. The van der Waals surface area contributed by atoms with Gasteiger partial charge in [-0.05, 0) is 17.7 Å².